The second-order valence-corrected chi connectivity index (χ2v) is 11.3. The lowest BCUT2D eigenvalue weighted by Crippen LogP contribution is -2.30. The second kappa shape index (κ2) is 14.6. The Kier molecular flexibility index (Phi) is 11.2. The Hall–Kier alpha value is -2.50. The van der Waals surface area contributed by atoms with Crippen LogP contribution in [0.4, 0.5) is 26.3 Å². The van der Waals surface area contributed by atoms with Crippen molar-refractivity contribution in [3.8, 4) is 11.8 Å². The molecular weight excluding hydrogens is 542 g/mol. The number of rotatable bonds is 10. The number of hydrogen-bond acceptors (Lipinski definition) is 2. The molecule has 224 valence electrons. The molecule has 0 amide bonds. The van der Waals surface area contributed by atoms with Gasteiger partial charge in [-0.25, -0.2) is 17.6 Å². The first-order chi connectivity index (χ1) is 19.6. The van der Waals surface area contributed by atoms with Gasteiger partial charge in [0.2, 0.25) is 0 Å². The third-order valence-corrected chi connectivity index (χ3v) is 8.10. The fourth-order valence-electron chi connectivity index (χ4n) is 5.64. The molecule has 0 atom stereocenters. The fourth-order valence-corrected chi connectivity index (χ4v) is 5.64. The van der Waals surface area contributed by atoms with Crippen molar-refractivity contribution in [3.63, 3.8) is 0 Å². The molecule has 2 aromatic rings. The Morgan fingerprint density at radius 2 is 1.29 bits per heavy atom. The van der Waals surface area contributed by atoms with Crippen molar-refractivity contribution >= 4 is 0 Å². The Morgan fingerprint density at radius 3 is 1.85 bits per heavy atom. The van der Waals surface area contributed by atoms with Crippen LogP contribution in [-0.2, 0) is 28.6 Å². The van der Waals surface area contributed by atoms with Crippen LogP contribution in [0.5, 0.6) is 0 Å². The maximum atomic E-state index is 14.8. The van der Waals surface area contributed by atoms with Crippen molar-refractivity contribution in [1.29, 1.82) is 0 Å². The highest BCUT2D eigenvalue weighted by molar-refractivity contribution is 5.27. The summed E-state index contributed by atoms with van der Waals surface area (Å²) in [6, 6.07) is 5.80. The smallest absolute Gasteiger partial charge is 0.374 e. The molecule has 0 heterocycles. The number of ether oxygens (including phenoxy) is 2. The summed E-state index contributed by atoms with van der Waals surface area (Å²) in [5, 5.41) is 0. The van der Waals surface area contributed by atoms with Crippen LogP contribution in [0.3, 0.4) is 0 Å². The Labute approximate surface area is 238 Å². The SMILES string of the molecule is CCCCCc1ccc(C(F)(F)OC2CCC(C#CC3CCC(OCc4cc(F)c(F)c(F)c4)CC3)CC2)c(F)c1. The van der Waals surface area contributed by atoms with Gasteiger partial charge >= 0.3 is 6.11 Å². The zero-order chi connectivity index (χ0) is 29.4. The highest BCUT2D eigenvalue weighted by atomic mass is 19.3. The first kappa shape index (κ1) is 31.4. The summed E-state index contributed by atoms with van der Waals surface area (Å²) in [5.41, 5.74) is 0.255. The maximum Gasteiger partial charge on any atom is 0.386 e. The van der Waals surface area contributed by atoms with Crippen molar-refractivity contribution in [1.82, 2.24) is 0 Å². The minimum atomic E-state index is -3.69. The van der Waals surface area contributed by atoms with Crippen LogP contribution >= 0.6 is 0 Å². The zero-order valence-electron chi connectivity index (χ0n) is 23.5. The van der Waals surface area contributed by atoms with Crippen molar-refractivity contribution in [2.75, 3.05) is 0 Å². The van der Waals surface area contributed by atoms with E-state index in [-0.39, 0.29) is 30.1 Å². The number of halogens is 6. The Morgan fingerprint density at radius 1 is 0.732 bits per heavy atom. The lowest BCUT2D eigenvalue weighted by atomic mass is 9.85. The molecule has 0 radical (unpaired) electrons. The summed E-state index contributed by atoms with van der Waals surface area (Å²) in [6.45, 7) is 2.08. The lowest BCUT2D eigenvalue weighted by Gasteiger charge is -2.30. The molecule has 0 unspecified atom stereocenters. The van der Waals surface area contributed by atoms with Crippen LogP contribution in [0.2, 0.25) is 0 Å². The second-order valence-electron chi connectivity index (χ2n) is 11.3. The van der Waals surface area contributed by atoms with Gasteiger partial charge in [-0.3, -0.25) is 0 Å². The Balaban J connectivity index is 1.18. The van der Waals surface area contributed by atoms with Gasteiger partial charge in [0, 0.05) is 11.8 Å². The molecule has 4 rings (SSSR count). The minimum Gasteiger partial charge on any atom is -0.374 e. The molecule has 2 nitrogen and oxygen atoms in total. The van der Waals surface area contributed by atoms with Crippen molar-refractivity contribution in [2.45, 2.75) is 109 Å². The third-order valence-electron chi connectivity index (χ3n) is 8.10. The van der Waals surface area contributed by atoms with Crippen LogP contribution in [0.1, 0.15) is 94.2 Å². The molecule has 41 heavy (non-hydrogen) atoms. The fraction of sp³-hybridized carbons (Fsp3) is 0.576. The quantitative estimate of drug-likeness (QED) is 0.121. The molecule has 0 spiro atoms. The van der Waals surface area contributed by atoms with Gasteiger partial charge in [0.05, 0.1) is 24.4 Å². The van der Waals surface area contributed by atoms with Crippen LogP contribution in [0, 0.1) is 46.9 Å². The molecular formula is C33H38F6O2. The van der Waals surface area contributed by atoms with Gasteiger partial charge < -0.3 is 9.47 Å². The summed E-state index contributed by atoms with van der Waals surface area (Å²) in [4.78, 5) is 0. The van der Waals surface area contributed by atoms with E-state index in [1.54, 1.807) is 6.07 Å². The predicted octanol–water partition coefficient (Wildman–Crippen LogP) is 9.38. The molecule has 0 saturated heterocycles. The number of benzene rings is 2. The monoisotopic (exact) mass is 580 g/mol. The van der Waals surface area contributed by atoms with Crippen LogP contribution in [0.15, 0.2) is 30.3 Å². The van der Waals surface area contributed by atoms with Gasteiger partial charge in [0.25, 0.3) is 0 Å². The molecule has 2 aliphatic carbocycles. The summed E-state index contributed by atoms with van der Waals surface area (Å²) < 4.78 is 94.9. The van der Waals surface area contributed by atoms with Gasteiger partial charge in [-0.05, 0) is 99.6 Å². The molecule has 2 fully saturated rings. The topological polar surface area (TPSA) is 18.5 Å². The minimum absolute atomic E-state index is 0.0104. The van der Waals surface area contributed by atoms with Gasteiger partial charge in [0.15, 0.2) is 17.5 Å². The van der Waals surface area contributed by atoms with Crippen molar-refractivity contribution in [3.05, 3.63) is 70.3 Å². The van der Waals surface area contributed by atoms with E-state index < -0.39 is 41.0 Å². The molecule has 0 N–H and O–H groups in total. The molecule has 2 saturated carbocycles. The average Bonchev–Trinajstić information content (AvgIpc) is 2.95. The maximum absolute atomic E-state index is 14.8. The third kappa shape index (κ3) is 8.99. The highest BCUT2D eigenvalue weighted by Gasteiger charge is 2.39. The highest BCUT2D eigenvalue weighted by Crippen LogP contribution is 2.37. The molecule has 0 aromatic heterocycles. The van der Waals surface area contributed by atoms with E-state index in [4.69, 9.17) is 9.47 Å². The first-order valence-corrected chi connectivity index (χ1v) is 14.7. The van der Waals surface area contributed by atoms with Crippen LogP contribution in [0.25, 0.3) is 0 Å². The summed E-state index contributed by atoms with van der Waals surface area (Å²) in [5.74, 6) is 2.11. The molecule has 0 bridgehead atoms. The predicted molar refractivity (Wildman–Crippen MR) is 145 cm³/mol. The average molecular weight is 581 g/mol. The molecule has 2 aromatic carbocycles. The number of alkyl halides is 2. The first-order valence-electron chi connectivity index (χ1n) is 14.7. The van der Waals surface area contributed by atoms with Gasteiger partial charge in [0.1, 0.15) is 5.82 Å². The van der Waals surface area contributed by atoms with E-state index in [9.17, 15) is 26.3 Å². The Bertz CT molecular complexity index is 1180. The van der Waals surface area contributed by atoms with Gasteiger partial charge in [-0.2, -0.15) is 8.78 Å². The molecule has 2 aliphatic rings. The largest absolute Gasteiger partial charge is 0.386 e. The van der Waals surface area contributed by atoms with Gasteiger partial charge in [-0.15, -0.1) is 0 Å². The summed E-state index contributed by atoms with van der Waals surface area (Å²) in [7, 11) is 0. The zero-order valence-corrected chi connectivity index (χ0v) is 23.5. The van der Waals surface area contributed by atoms with E-state index >= 15 is 0 Å². The number of hydrogen-bond donors (Lipinski definition) is 0. The molecule has 8 heteroatoms. The number of unbranched alkanes of at least 4 members (excludes halogenated alkanes) is 2. The van der Waals surface area contributed by atoms with E-state index in [0.29, 0.717) is 37.7 Å². The number of aryl methyl sites for hydroxylation is 1. The van der Waals surface area contributed by atoms with Crippen LogP contribution in [-0.4, -0.2) is 12.2 Å². The lowest BCUT2D eigenvalue weighted by molar-refractivity contribution is -0.278. The van der Waals surface area contributed by atoms with E-state index in [1.807, 2.05) is 0 Å². The van der Waals surface area contributed by atoms with Crippen molar-refractivity contribution in [2.24, 2.45) is 11.8 Å². The standard InChI is InChI=1S/C33H38F6O2/c1-2-3-4-5-24-12-17-28(29(34)18-24)33(38,39)41-27-15-10-23(11-16-27)7-6-22-8-13-26(14-9-22)40-21-25-19-30(35)32(37)31(36)20-25/h12,17-20,22-23,26-27H,2-5,8-11,13-16,21H2,1H3. The normalized spacial score (nSPS) is 23.2. The van der Waals surface area contributed by atoms with E-state index in [1.165, 1.54) is 6.07 Å². The van der Waals surface area contributed by atoms with Gasteiger partial charge in [-0.1, -0.05) is 37.7 Å². The molecule has 0 aliphatic heterocycles. The van der Waals surface area contributed by atoms with Crippen molar-refractivity contribution < 1.29 is 35.8 Å². The van der Waals surface area contributed by atoms with E-state index in [2.05, 4.69) is 18.8 Å². The summed E-state index contributed by atoms with van der Waals surface area (Å²) in [6.07, 6.45) is 4.59. The van der Waals surface area contributed by atoms with Crippen LogP contribution < -0.4 is 0 Å². The summed E-state index contributed by atoms with van der Waals surface area (Å²) >= 11 is 0. The van der Waals surface area contributed by atoms with E-state index in [0.717, 1.165) is 63.1 Å².